The predicted octanol–water partition coefficient (Wildman–Crippen LogP) is 2.10. The van der Waals surface area contributed by atoms with Crippen LogP contribution in [0.4, 0.5) is 0 Å². The summed E-state index contributed by atoms with van der Waals surface area (Å²) in [7, 11) is 0. The maximum absolute atomic E-state index is 2.89. The predicted molar refractivity (Wildman–Crippen MR) is 130 cm³/mol. The van der Waals surface area contributed by atoms with Crippen LogP contribution in [0.15, 0.2) is 146 Å². The third-order valence-corrected chi connectivity index (χ3v) is 4.29. The second-order valence-electron chi connectivity index (χ2n) is 6.44. The molecule has 0 unspecified atom stereocenters. The first-order valence-corrected chi connectivity index (χ1v) is 9.97. The number of benzene rings is 4. The SMILES string of the molecule is [Cl-].[Cl-].[Zr+4].[c-]1ccccc1.[c-]1ccccc1.c1cc[cH-]c1.c1ccc2c(c1)[cH-]c1ccccc12. The van der Waals surface area contributed by atoms with Crippen LogP contribution < -0.4 is 24.8 Å². The van der Waals surface area contributed by atoms with Gasteiger partial charge in [0.15, 0.2) is 0 Å². The van der Waals surface area contributed by atoms with Crippen molar-refractivity contribution in [3.05, 3.63) is 158 Å². The van der Waals surface area contributed by atoms with Gasteiger partial charge in [-0.3, -0.25) is 0 Å². The first-order valence-electron chi connectivity index (χ1n) is 9.97. The van der Waals surface area contributed by atoms with E-state index in [4.69, 9.17) is 0 Å². The molecule has 3 heteroatoms. The molecule has 0 N–H and O–H groups in total. The third-order valence-electron chi connectivity index (χ3n) is 4.29. The number of hydrogen-bond acceptors (Lipinski definition) is 0. The van der Waals surface area contributed by atoms with Gasteiger partial charge < -0.3 is 24.8 Å². The first kappa shape index (κ1) is 30.6. The molecule has 6 rings (SSSR count). The molecular weight excluding hydrogens is 522 g/mol. The summed E-state index contributed by atoms with van der Waals surface area (Å²) in [6.07, 6.45) is 0. The Labute approximate surface area is 229 Å². The van der Waals surface area contributed by atoms with E-state index in [0.717, 1.165) is 0 Å². The largest absolute Gasteiger partial charge is 4.00 e. The van der Waals surface area contributed by atoms with Gasteiger partial charge in [0.1, 0.15) is 0 Å². The van der Waals surface area contributed by atoms with Crippen molar-refractivity contribution in [1.82, 2.24) is 0 Å². The summed E-state index contributed by atoms with van der Waals surface area (Å²) in [4.78, 5) is 0. The number of hydrogen-bond donors (Lipinski definition) is 0. The molecule has 0 atom stereocenters. The van der Waals surface area contributed by atoms with Crippen LogP contribution in [0.5, 0.6) is 0 Å². The van der Waals surface area contributed by atoms with E-state index in [1.165, 1.54) is 21.5 Å². The van der Waals surface area contributed by atoms with Gasteiger partial charge in [0.25, 0.3) is 0 Å². The summed E-state index contributed by atoms with van der Waals surface area (Å²) in [5.74, 6) is 0. The Balaban J connectivity index is 0.000000439. The fraction of sp³-hybridized carbons (Fsp3) is 0. The molecule has 0 aliphatic rings. The Morgan fingerprint density at radius 2 is 0.848 bits per heavy atom. The summed E-state index contributed by atoms with van der Waals surface area (Å²) in [6.45, 7) is 0. The molecule has 0 aliphatic carbocycles. The molecule has 6 aromatic carbocycles. The third kappa shape index (κ3) is 11.3. The van der Waals surface area contributed by atoms with Crippen LogP contribution >= 0.6 is 0 Å². The maximum atomic E-state index is 2.89. The summed E-state index contributed by atoms with van der Waals surface area (Å²) in [6, 6.07) is 54.3. The molecule has 0 amide bonds. The molecule has 0 fully saturated rings. The molecule has 0 saturated carbocycles. The van der Waals surface area contributed by atoms with E-state index in [1.54, 1.807) is 0 Å². The summed E-state index contributed by atoms with van der Waals surface area (Å²) >= 11 is 0. The van der Waals surface area contributed by atoms with E-state index in [-0.39, 0.29) is 51.0 Å². The zero-order valence-corrected chi connectivity index (χ0v) is 22.1. The van der Waals surface area contributed by atoms with Crippen molar-refractivity contribution in [2.75, 3.05) is 0 Å². The minimum Gasteiger partial charge on any atom is -1.00 e. The average Bonchev–Trinajstić information content (AvgIpc) is 3.54. The van der Waals surface area contributed by atoms with Gasteiger partial charge in [0.05, 0.1) is 0 Å². The number of halogens is 2. The van der Waals surface area contributed by atoms with Crippen LogP contribution in [0, 0.1) is 12.1 Å². The second kappa shape index (κ2) is 19.1. The van der Waals surface area contributed by atoms with Gasteiger partial charge in [-0.2, -0.15) is 91.0 Å². The van der Waals surface area contributed by atoms with E-state index in [2.05, 4.69) is 66.7 Å². The van der Waals surface area contributed by atoms with Gasteiger partial charge in [-0.25, -0.2) is 12.1 Å². The minimum atomic E-state index is 0. The molecule has 0 aliphatic heterocycles. The van der Waals surface area contributed by atoms with Crippen LogP contribution in [0.1, 0.15) is 0 Å². The Morgan fingerprint density at radius 1 is 0.455 bits per heavy atom. The molecule has 0 heterocycles. The van der Waals surface area contributed by atoms with Gasteiger partial charge in [-0.05, 0) is 0 Å². The van der Waals surface area contributed by atoms with E-state index in [9.17, 15) is 0 Å². The fourth-order valence-corrected chi connectivity index (χ4v) is 2.91. The number of fused-ring (bicyclic) bond motifs is 3. The van der Waals surface area contributed by atoms with Crippen LogP contribution in [-0.4, -0.2) is 0 Å². The quantitative estimate of drug-likeness (QED) is 0.256. The molecule has 0 bridgehead atoms. The zero-order chi connectivity index (χ0) is 20.7. The van der Waals surface area contributed by atoms with Crippen molar-refractivity contribution < 1.29 is 51.0 Å². The van der Waals surface area contributed by atoms with Crippen LogP contribution in [0.3, 0.4) is 0 Å². The fourth-order valence-electron chi connectivity index (χ4n) is 2.91. The van der Waals surface area contributed by atoms with Gasteiger partial charge >= 0.3 is 26.2 Å². The molecule has 6 aromatic rings. The first-order chi connectivity index (χ1) is 14.9. The smallest absolute Gasteiger partial charge is 1.00 e. The van der Waals surface area contributed by atoms with Crippen LogP contribution in [-0.2, 0) is 26.2 Å². The molecule has 33 heavy (non-hydrogen) atoms. The molecule has 0 radical (unpaired) electrons. The molecule has 164 valence electrons. The van der Waals surface area contributed by atoms with Crippen molar-refractivity contribution in [3.8, 4) is 0 Å². The van der Waals surface area contributed by atoms with Crippen LogP contribution in [0.25, 0.3) is 21.5 Å². The Hall–Kier alpha value is -2.44. The summed E-state index contributed by atoms with van der Waals surface area (Å²) in [5, 5.41) is 5.39. The Bertz CT molecular complexity index is 1030. The van der Waals surface area contributed by atoms with Crippen molar-refractivity contribution >= 4 is 21.5 Å². The van der Waals surface area contributed by atoms with Crippen molar-refractivity contribution in [1.29, 1.82) is 0 Å². The molecule has 0 aromatic heterocycles. The number of rotatable bonds is 0. The molecule has 0 saturated heterocycles. The standard InChI is InChI=1S/C13H9.2C6H5.C5H5.2ClH.Zr/c1-3-7-12-10(5-1)9-11-6-2-4-8-13(11)12;2*1-2-4-6-5-3-1;1-2-4-5-3-1;;;/h1-9H;2*1-5H;1-5H;2*1H;/q4*-1;;;+4/p-2. The second-order valence-corrected chi connectivity index (χ2v) is 6.44. The Kier molecular flexibility index (Phi) is 17.7. The monoisotopic (exact) mass is 544 g/mol. The van der Waals surface area contributed by atoms with Crippen LogP contribution in [0.2, 0.25) is 0 Å². The van der Waals surface area contributed by atoms with Gasteiger partial charge in [-0.1, -0.05) is 36.4 Å². The topological polar surface area (TPSA) is 0 Å². The van der Waals surface area contributed by atoms with E-state index in [1.807, 2.05) is 91.0 Å². The Morgan fingerprint density at radius 3 is 1.12 bits per heavy atom. The molecule has 0 spiro atoms. The van der Waals surface area contributed by atoms with Gasteiger partial charge in [0, 0.05) is 0 Å². The normalized spacial score (nSPS) is 8.48. The van der Waals surface area contributed by atoms with Crippen molar-refractivity contribution in [3.63, 3.8) is 0 Å². The van der Waals surface area contributed by atoms with Gasteiger partial charge in [0.2, 0.25) is 0 Å². The zero-order valence-electron chi connectivity index (χ0n) is 18.1. The molecule has 0 nitrogen and oxygen atoms in total. The summed E-state index contributed by atoms with van der Waals surface area (Å²) in [5.41, 5.74) is 0. The van der Waals surface area contributed by atoms with E-state index >= 15 is 0 Å². The van der Waals surface area contributed by atoms with Crippen molar-refractivity contribution in [2.24, 2.45) is 0 Å². The summed E-state index contributed by atoms with van der Waals surface area (Å²) < 4.78 is 0. The van der Waals surface area contributed by atoms with Crippen molar-refractivity contribution in [2.45, 2.75) is 0 Å². The van der Waals surface area contributed by atoms with E-state index < -0.39 is 0 Å². The average molecular weight is 547 g/mol. The minimum absolute atomic E-state index is 0. The molecular formula is C30H24Cl2Zr-2. The van der Waals surface area contributed by atoms with Gasteiger partial charge in [-0.15, -0.1) is 39.7 Å². The maximum Gasteiger partial charge on any atom is 4.00 e. The van der Waals surface area contributed by atoms with E-state index in [0.29, 0.717) is 0 Å².